The van der Waals surface area contributed by atoms with Crippen LogP contribution in [0.1, 0.15) is 36.5 Å². The van der Waals surface area contributed by atoms with Gasteiger partial charge in [0.05, 0.1) is 5.56 Å². The minimum absolute atomic E-state index is 0.0391. The Hall–Kier alpha value is -1.07. The molecular weight excluding hydrogens is 332 g/mol. The lowest BCUT2D eigenvalue weighted by Gasteiger charge is -2.30. The monoisotopic (exact) mass is 354 g/mol. The van der Waals surface area contributed by atoms with Gasteiger partial charge in [0.1, 0.15) is 5.75 Å². The topological polar surface area (TPSA) is 52.6 Å². The maximum atomic E-state index is 12.7. The van der Waals surface area contributed by atoms with Crippen molar-refractivity contribution in [2.24, 2.45) is 5.92 Å². The summed E-state index contributed by atoms with van der Waals surface area (Å²) < 4.78 is 0.773. The highest BCUT2D eigenvalue weighted by Crippen LogP contribution is 2.24. The van der Waals surface area contributed by atoms with E-state index in [1.165, 1.54) is 6.42 Å². The molecule has 2 rings (SSSR count). The second kappa shape index (κ2) is 7.80. The van der Waals surface area contributed by atoms with Gasteiger partial charge in [-0.1, -0.05) is 22.9 Å². The molecule has 1 amide bonds. The second-order valence-electron chi connectivity index (χ2n) is 5.63. The molecule has 1 heterocycles. The molecular formula is C16H23BrN2O2. The number of hydrogen-bond acceptors (Lipinski definition) is 3. The number of nitrogens with one attached hydrogen (secondary N) is 1. The zero-order chi connectivity index (χ0) is 15.2. The van der Waals surface area contributed by atoms with Crippen molar-refractivity contribution < 1.29 is 9.90 Å². The lowest BCUT2D eigenvalue weighted by atomic mass is 9.98. The Bertz CT molecular complexity index is 487. The van der Waals surface area contributed by atoms with E-state index in [2.05, 4.69) is 28.2 Å². The first-order valence-corrected chi connectivity index (χ1v) is 8.39. The molecule has 0 aromatic heterocycles. The van der Waals surface area contributed by atoms with Gasteiger partial charge in [0.25, 0.3) is 5.91 Å². The summed E-state index contributed by atoms with van der Waals surface area (Å²) in [6, 6.07) is 5.04. The van der Waals surface area contributed by atoms with E-state index in [4.69, 9.17) is 0 Å². The third kappa shape index (κ3) is 4.45. The van der Waals surface area contributed by atoms with E-state index in [0.29, 0.717) is 11.5 Å². The van der Waals surface area contributed by atoms with Crippen LogP contribution >= 0.6 is 15.9 Å². The molecule has 2 N–H and O–H groups in total. The largest absolute Gasteiger partial charge is 0.507 e. The summed E-state index contributed by atoms with van der Waals surface area (Å²) in [6.45, 7) is 5.60. The number of phenols is 1. The van der Waals surface area contributed by atoms with Crippen LogP contribution in [0.25, 0.3) is 0 Å². The van der Waals surface area contributed by atoms with Gasteiger partial charge in [0, 0.05) is 17.6 Å². The van der Waals surface area contributed by atoms with Crippen LogP contribution in [0.2, 0.25) is 0 Å². The highest BCUT2D eigenvalue weighted by Gasteiger charge is 2.23. The van der Waals surface area contributed by atoms with Crippen LogP contribution in [0.4, 0.5) is 0 Å². The van der Waals surface area contributed by atoms with Crippen molar-refractivity contribution in [3.05, 3.63) is 28.2 Å². The molecule has 1 saturated heterocycles. The number of nitrogens with zero attached hydrogens (tertiary/aromatic N) is 1. The Kier molecular flexibility index (Phi) is 6.06. The van der Waals surface area contributed by atoms with Crippen molar-refractivity contribution in [3.8, 4) is 5.75 Å². The van der Waals surface area contributed by atoms with Crippen LogP contribution < -0.4 is 5.32 Å². The molecule has 0 bridgehead atoms. The molecule has 1 aromatic rings. The van der Waals surface area contributed by atoms with E-state index < -0.39 is 0 Å². The van der Waals surface area contributed by atoms with E-state index in [1.54, 1.807) is 18.2 Å². The minimum Gasteiger partial charge on any atom is -0.507 e. The number of rotatable bonds is 5. The Balaban J connectivity index is 2.10. The number of benzene rings is 1. The summed E-state index contributed by atoms with van der Waals surface area (Å²) in [4.78, 5) is 14.5. The zero-order valence-corrected chi connectivity index (χ0v) is 14.0. The number of hydrogen-bond donors (Lipinski definition) is 2. The van der Waals surface area contributed by atoms with Crippen LogP contribution in [0, 0.1) is 5.92 Å². The van der Waals surface area contributed by atoms with E-state index in [-0.39, 0.29) is 11.7 Å². The van der Waals surface area contributed by atoms with Crippen molar-refractivity contribution >= 4 is 21.8 Å². The maximum Gasteiger partial charge on any atom is 0.257 e. The molecule has 0 aliphatic carbocycles. The molecule has 4 nitrogen and oxygen atoms in total. The number of carbonyl (C=O) groups is 1. The third-order valence-corrected chi connectivity index (χ3v) is 4.34. The molecule has 1 atom stereocenters. The predicted molar refractivity (Wildman–Crippen MR) is 87.6 cm³/mol. The Morgan fingerprint density at radius 2 is 2.33 bits per heavy atom. The molecule has 1 fully saturated rings. The summed E-state index contributed by atoms with van der Waals surface area (Å²) in [5.41, 5.74) is 0.385. The molecule has 0 spiro atoms. The first-order chi connectivity index (χ1) is 10.1. The van der Waals surface area contributed by atoms with E-state index in [0.717, 1.165) is 43.5 Å². The number of carbonyl (C=O) groups excluding carboxylic acids is 1. The number of aromatic hydroxyl groups is 1. The highest BCUT2D eigenvalue weighted by molar-refractivity contribution is 9.10. The number of amides is 1. The second-order valence-corrected chi connectivity index (χ2v) is 6.54. The SMILES string of the molecule is CCCN(CC1CCCNC1)C(=O)c1ccc(Br)cc1O. The average Bonchev–Trinajstić information content (AvgIpc) is 2.47. The van der Waals surface area contributed by atoms with Crippen LogP contribution in [-0.2, 0) is 0 Å². The van der Waals surface area contributed by atoms with Crippen molar-refractivity contribution in [1.82, 2.24) is 10.2 Å². The van der Waals surface area contributed by atoms with Gasteiger partial charge in [-0.15, -0.1) is 0 Å². The molecule has 116 valence electrons. The van der Waals surface area contributed by atoms with Gasteiger partial charge in [-0.2, -0.15) is 0 Å². The summed E-state index contributed by atoms with van der Waals surface area (Å²) in [6.07, 6.45) is 3.25. The molecule has 1 unspecified atom stereocenters. The summed E-state index contributed by atoms with van der Waals surface area (Å²) >= 11 is 3.30. The summed E-state index contributed by atoms with van der Waals surface area (Å²) in [5.74, 6) is 0.469. The van der Waals surface area contributed by atoms with Crippen molar-refractivity contribution in [1.29, 1.82) is 0 Å². The average molecular weight is 355 g/mol. The first kappa shape index (κ1) is 16.3. The van der Waals surface area contributed by atoms with Gasteiger partial charge in [0.15, 0.2) is 0 Å². The highest BCUT2D eigenvalue weighted by atomic mass is 79.9. The maximum absolute atomic E-state index is 12.7. The smallest absolute Gasteiger partial charge is 0.257 e. The molecule has 0 saturated carbocycles. The normalized spacial score (nSPS) is 18.5. The lowest BCUT2D eigenvalue weighted by molar-refractivity contribution is 0.0715. The van der Waals surface area contributed by atoms with Crippen LogP contribution in [0.5, 0.6) is 5.75 Å². The van der Waals surface area contributed by atoms with Gasteiger partial charge < -0.3 is 15.3 Å². The Labute approximate surface area is 134 Å². The predicted octanol–water partition coefficient (Wildman–Crippen LogP) is 3.01. The van der Waals surface area contributed by atoms with Crippen LogP contribution in [-0.4, -0.2) is 42.1 Å². The van der Waals surface area contributed by atoms with E-state index in [9.17, 15) is 9.90 Å². The van der Waals surface area contributed by atoms with E-state index in [1.807, 2.05) is 4.90 Å². The molecule has 1 aliphatic rings. The fourth-order valence-corrected chi connectivity index (χ4v) is 3.14. The van der Waals surface area contributed by atoms with Crippen molar-refractivity contribution in [2.45, 2.75) is 26.2 Å². The molecule has 5 heteroatoms. The number of piperidine rings is 1. The quantitative estimate of drug-likeness (QED) is 0.854. The molecule has 1 aromatic carbocycles. The van der Waals surface area contributed by atoms with Gasteiger partial charge in [-0.3, -0.25) is 4.79 Å². The van der Waals surface area contributed by atoms with Gasteiger partial charge >= 0.3 is 0 Å². The van der Waals surface area contributed by atoms with Gasteiger partial charge in [-0.05, 0) is 56.5 Å². The lowest BCUT2D eigenvalue weighted by Crippen LogP contribution is -2.41. The summed E-state index contributed by atoms with van der Waals surface area (Å²) in [7, 11) is 0. The van der Waals surface area contributed by atoms with Crippen LogP contribution in [0.15, 0.2) is 22.7 Å². The third-order valence-electron chi connectivity index (χ3n) is 3.85. The van der Waals surface area contributed by atoms with Crippen LogP contribution in [0.3, 0.4) is 0 Å². The fourth-order valence-electron chi connectivity index (χ4n) is 2.79. The van der Waals surface area contributed by atoms with Gasteiger partial charge in [-0.25, -0.2) is 0 Å². The van der Waals surface area contributed by atoms with E-state index >= 15 is 0 Å². The fraction of sp³-hybridized carbons (Fsp3) is 0.562. The Morgan fingerprint density at radius 3 is 2.95 bits per heavy atom. The Morgan fingerprint density at radius 1 is 1.52 bits per heavy atom. The number of halogens is 1. The molecule has 0 radical (unpaired) electrons. The zero-order valence-electron chi connectivity index (χ0n) is 12.4. The van der Waals surface area contributed by atoms with Crippen molar-refractivity contribution in [2.75, 3.05) is 26.2 Å². The molecule has 21 heavy (non-hydrogen) atoms. The van der Waals surface area contributed by atoms with Crippen molar-refractivity contribution in [3.63, 3.8) is 0 Å². The summed E-state index contributed by atoms with van der Waals surface area (Å²) in [5, 5.41) is 13.4. The molecule has 1 aliphatic heterocycles. The standard InChI is InChI=1S/C16H23BrN2O2/c1-2-8-19(11-12-4-3-7-18-10-12)16(21)14-6-5-13(17)9-15(14)20/h5-6,9,12,18,20H,2-4,7-8,10-11H2,1H3. The first-order valence-electron chi connectivity index (χ1n) is 7.60. The van der Waals surface area contributed by atoms with Gasteiger partial charge in [0.2, 0.25) is 0 Å². The number of phenolic OH excluding ortho intramolecular Hbond substituents is 1. The minimum atomic E-state index is -0.0765.